The van der Waals surface area contributed by atoms with E-state index in [2.05, 4.69) is 26.2 Å². The molecule has 0 aliphatic carbocycles. The lowest BCUT2D eigenvalue weighted by atomic mass is 10.1. The number of halogens is 1. The molecule has 2 aromatic rings. The highest BCUT2D eigenvalue weighted by Gasteiger charge is 2.09. The van der Waals surface area contributed by atoms with Gasteiger partial charge in [-0.1, -0.05) is 12.1 Å². The minimum absolute atomic E-state index is 0.151. The molecule has 0 radical (unpaired) electrons. The maximum absolute atomic E-state index is 10.8. The lowest BCUT2D eigenvalue weighted by Gasteiger charge is -2.12. The van der Waals surface area contributed by atoms with Crippen molar-refractivity contribution in [2.75, 3.05) is 5.32 Å². The minimum Gasteiger partial charge on any atom is -0.478 e. The van der Waals surface area contributed by atoms with Crippen LogP contribution in [0.5, 0.6) is 0 Å². The first-order valence-electron chi connectivity index (χ1n) is 5.71. The van der Waals surface area contributed by atoms with Gasteiger partial charge in [-0.3, -0.25) is 0 Å². The van der Waals surface area contributed by atoms with E-state index in [1.807, 2.05) is 32.0 Å². The normalized spacial score (nSPS) is 10.3. The maximum atomic E-state index is 10.8. The molecule has 19 heavy (non-hydrogen) atoms. The summed E-state index contributed by atoms with van der Waals surface area (Å²) < 4.78 is 0.619. The van der Waals surface area contributed by atoms with Gasteiger partial charge in [0.1, 0.15) is 5.82 Å². The Hall–Kier alpha value is -1.88. The van der Waals surface area contributed by atoms with Crippen molar-refractivity contribution in [2.45, 2.75) is 13.8 Å². The van der Waals surface area contributed by atoms with Crippen LogP contribution in [0.4, 0.5) is 11.5 Å². The summed E-state index contributed by atoms with van der Waals surface area (Å²) in [7, 11) is 0. The van der Waals surface area contributed by atoms with Gasteiger partial charge in [0.2, 0.25) is 0 Å². The molecule has 0 unspecified atom stereocenters. The van der Waals surface area contributed by atoms with E-state index in [4.69, 9.17) is 5.11 Å². The molecule has 98 valence electrons. The molecule has 0 aliphatic heterocycles. The molecule has 4 nitrogen and oxygen atoms in total. The number of nitrogens with one attached hydrogen (secondary N) is 1. The zero-order valence-electron chi connectivity index (χ0n) is 10.6. The number of anilines is 2. The maximum Gasteiger partial charge on any atom is 0.337 e. The van der Waals surface area contributed by atoms with Gasteiger partial charge in [0.25, 0.3) is 0 Å². The van der Waals surface area contributed by atoms with Gasteiger partial charge in [-0.15, -0.1) is 0 Å². The average Bonchev–Trinajstić information content (AvgIpc) is 2.37. The second kappa shape index (κ2) is 5.40. The van der Waals surface area contributed by atoms with Crippen LogP contribution in [0.2, 0.25) is 0 Å². The highest BCUT2D eigenvalue weighted by molar-refractivity contribution is 9.10. The summed E-state index contributed by atoms with van der Waals surface area (Å²) in [6.45, 7) is 4.06. The molecule has 0 saturated heterocycles. The zero-order valence-corrected chi connectivity index (χ0v) is 12.2. The second-order valence-corrected chi connectivity index (χ2v) is 5.09. The zero-order chi connectivity index (χ0) is 14.0. The highest BCUT2D eigenvalue weighted by atomic mass is 79.9. The number of hydrogen-bond donors (Lipinski definition) is 2. The monoisotopic (exact) mass is 320 g/mol. The predicted octanol–water partition coefficient (Wildman–Crippen LogP) is 3.90. The Morgan fingerprint density at radius 1 is 1.37 bits per heavy atom. The Morgan fingerprint density at radius 3 is 2.74 bits per heavy atom. The SMILES string of the molecule is Cc1cccc(Nc2ncc(C(=O)O)cc2Br)c1C. The Balaban J connectivity index is 2.34. The van der Waals surface area contributed by atoms with Gasteiger partial charge >= 0.3 is 5.97 Å². The third-order valence-electron chi connectivity index (χ3n) is 2.95. The van der Waals surface area contributed by atoms with Crippen molar-refractivity contribution in [2.24, 2.45) is 0 Å². The third kappa shape index (κ3) is 2.93. The molecule has 0 aliphatic rings. The van der Waals surface area contributed by atoms with Gasteiger partial charge in [-0.05, 0) is 53.0 Å². The summed E-state index contributed by atoms with van der Waals surface area (Å²) in [6.07, 6.45) is 1.33. The summed E-state index contributed by atoms with van der Waals surface area (Å²) in [5.41, 5.74) is 3.43. The van der Waals surface area contributed by atoms with Gasteiger partial charge in [0.15, 0.2) is 0 Å². The number of benzene rings is 1. The second-order valence-electron chi connectivity index (χ2n) is 4.23. The van der Waals surface area contributed by atoms with Crippen LogP contribution in [0.25, 0.3) is 0 Å². The van der Waals surface area contributed by atoms with Crippen molar-refractivity contribution < 1.29 is 9.90 Å². The first-order chi connectivity index (χ1) is 8.99. The van der Waals surface area contributed by atoms with Gasteiger partial charge < -0.3 is 10.4 Å². The largest absolute Gasteiger partial charge is 0.478 e. The van der Waals surface area contributed by atoms with Crippen LogP contribution in [0.3, 0.4) is 0 Å². The molecule has 1 aromatic heterocycles. The summed E-state index contributed by atoms with van der Waals surface area (Å²) in [5, 5.41) is 12.1. The summed E-state index contributed by atoms with van der Waals surface area (Å²) >= 11 is 3.33. The Kier molecular flexibility index (Phi) is 3.85. The van der Waals surface area contributed by atoms with Crippen LogP contribution in [0.15, 0.2) is 34.9 Å². The molecule has 0 bridgehead atoms. The topological polar surface area (TPSA) is 62.2 Å². The molecule has 0 amide bonds. The van der Waals surface area contributed by atoms with E-state index in [9.17, 15) is 4.79 Å². The van der Waals surface area contributed by atoms with Crippen molar-refractivity contribution in [3.05, 3.63) is 51.6 Å². The highest BCUT2D eigenvalue weighted by Crippen LogP contribution is 2.27. The molecule has 0 atom stereocenters. The fraction of sp³-hybridized carbons (Fsp3) is 0.143. The fourth-order valence-corrected chi connectivity index (χ4v) is 2.11. The Morgan fingerprint density at radius 2 is 2.11 bits per heavy atom. The number of aryl methyl sites for hydroxylation is 1. The Bertz CT molecular complexity index is 641. The number of carboxylic acids is 1. The fourth-order valence-electron chi connectivity index (χ4n) is 1.66. The quantitative estimate of drug-likeness (QED) is 0.900. The number of nitrogens with zero attached hydrogens (tertiary/aromatic N) is 1. The van der Waals surface area contributed by atoms with Crippen molar-refractivity contribution in [3.8, 4) is 0 Å². The van der Waals surface area contributed by atoms with Crippen molar-refractivity contribution in [1.82, 2.24) is 4.98 Å². The van der Waals surface area contributed by atoms with Crippen molar-refractivity contribution >= 4 is 33.4 Å². The van der Waals surface area contributed by atoms with E-state index >= 15 is 0 Å². The molecule has 0 saturated carbocycles. The predicted molar refractivity (Wildman–Crippen MR) is 78.1 cm³/mol. The first-order valence-corrected chi connectivity index (χ1v) is 6.50. The summed E-state index contributed by atoms with van der Waals surface area (Å²) in [5.74, 6) is -0.398. The Labute approximate surface area is 119 Å². The van der Waals surface area contributed by atoms with Crippen LogP contribution in [-0.2, 0) is 0 Å². The number of hydrogen-bond acceptors (Lipinski definition) is 3. The number of pyridine rings is 1. The van der Waals surface area contributed by atoms with Crippen LogP contribution in [0.1, 0.15) is 21.5 Å². The molecule has 1 heterocycles. The smallest absolute Gasteiger partial charge is 0.337 e. The van der Waals surface area contributed by atoms with Gasteiger partial charge in [-0.25, -0.2) is 9.78 Å². The van der Waals surface area contributed by atoms with Crippen molar-refractivity contribution in [1.29, 1.82) is 0 Å². The minimum atomic E-state index is -0.994. The molecular formula is C14H13BrN2O2. The van der Waals surface area contributed by atoms with E-state index < -0.39 is 5.97 Å². The van der Waals surface area contributed by atoms with Gasteiger partial charge in [0, 0.05) is 11.9 Å². The molecule has 1 aromatic carbocycles. The first kappa shape index (κ1) is 13.5. The number of aromatic nitrogens is 1. The van der Waals surface area contributed by atoms with E-state index in [1.54, 1.807) is 0 Å². The number of rotatable bonds is 3. The molecule has 2 N–H and O–H groups in total. The van der Waals surface area contributed by atoms with Gasteiger partial charge in [-0.2, -0.15) is 0 Å². The summed E-state index contributed by atoms with van der Waals surface area (Å²) in [4.78, 5) is 15.0. The van der Waals surface area contributed by atoms with E-state index in [-0.39, 0.29) is 5.56 Å². The standard InChI is InChI=1S/C14H13BrN2O2/c1-8-4-3-5-12(9(8)2)17-13-11(15)6-10(7-16-13)14(18)19/h3-7H,1-2H3,(H,16,17)(H,18,19). The van der Waals surface area contributed by atoms with Crippen LogP contribution < -0.4 is 5.32 Å². The molecule has 0 spiro atoms. The molecular weight excluding hydrogens is 308 g/mol. The van der Waals surface area contributed by atoms with Crippen LogP contribution in [-0.4, -0.2) is 16.1 Å². The number of carbonyl (C=O) groups is 1. The third-order valence-corrected chi connectivity index (χ3v) is 3.55. The summed E-state index contributed by atoms with van der Waals surface area (Å²) in [6, 6.07) is 7.49. The molecule has 5 heteroatoms. The number of carboxylic acid groups (broad SMARTS) is 1. The molecule has 0 fully saturated rings. The lowest BCUT2D eigenvalue weighted by molar-refractivity contribution is 0.0696. The van der Waals surface area contributed by atoms with E-state index in [0.717, 1.165) is 11.3 Å². The van der Waals surface area contributed by atoms with Crippen LogP contribution in [0, 0.1) is 13.8 Å². The van der Waals surface area contributed by atoms with E-state index in [1.165, 1.54) is 17.8 Å². The molecule has 2 rings (SSSR count). The van der Waals surface area contributed by atoms with Gasteiger partial charge in [0.05, 0.1) is 10.0 Å². The van der Waals surface area contributed by atoms with Crippen LogP contribution >= 0.6 is 15.9 Å². The number of aromatic carboxylic acids is 1. The average molecular weight is 321 g/mol. The lowest BCUT2D eigenvalue weighted by Crippen LogP contribution is -2.01. The van der Waals surface area contributed by atoms with E-state index in [0.29, 0.717) is 10.3 Å². The van der Waals surface area contributed by atoms with Crippen molar-refractivity contribution in [3.63, 3.8) is 0 Å².